The van der Waals surface area contributed by atoms with Crippen molar-refractivity contribution in [2.45, 2.75) is 26.4 Å². The summed E-state index contributed by atoms with van der Waals surface area (Å²) in [6, 6.07) is 7.83. The molecule has 0 amide bonds. The third-order valence-corrected chi connectivity index (χ3v) is 2.10. The van der Waals surface area contributed by atoms with Crippen LogP contribution < -0.4 is 0 Å². The van der Waals surface area contributed by atoms with Gasteiger partial charge in [-0.1, -0.05) is 44.0 Å². The third kappa shape index (κ3) is 2.90. The maximum Gasteiger partial charge on any atom is 0.139 e. The van der Waals surface area contributed by atoms with Crippen molar-refractivity contribution < 1.29 is 5.11 Å². The van der Waals surface area contributed by atoms with Crippen LogP contribution >= 0.6 is 0 Å². The molecule has 0 saturated carbocycles. The van der Waals surface area contributed by atoms with Crippen LogP contribution in [0.4, 0.5) is 0 Å². The van der Waals surface area contributed by atoms with Crippen molar-refractivity contribution >= 4 is 0 Å². The summed E-state index contributed by atoms with van der Waals surface area (Å²) in [6.45, 7) is 4.37. The topological polar surface area (TPSA) is 20.2 Å². The van der Waals surface area contributed by atoms with Crippen molar-refractivity contribution in [2.75, 3.05) is 0 Å². The van der Waals surface area contributed by atoms with Gasteiger partial charge in [-0.2, -0.15) is 0 Å². The number of aliphatic hydroxyl groups is 1. The molecule has 0 aliphatic heterocycles. The van der Waals surface area contributed by atoms with Crippen LogP contribution in [0.2, 0.25) is 0 Å². The zero-order chi connectivity index (χ0) is 10.6. The summed E-state index contributed by atoms with van der Waals surface area (Å²) in [7, 11) is 0. The summed E-state index contributed by atoms with van der Waals surface area (Å²) in [4.78, 5) is 0. The van der Waals surface area contributed by atoms with Crippen LogP contribution in [0.1, 0.15) is 31.1 Å². The second-order valence-electron chi connectivity index (χ2n) is 3.91. The summed E-state index contributed by atoms with van der Waals surface area (Å²) in [6.07, 6.45) is 5.41. The van der Waals surface area contributed by atoms with E-state index in [0.717, 1.165) is 12.0 Å². The zero-order valence-corrected chi connectivity index (χ0v) is 8.70. The number of aliphatic hydroxyl groups excluding tert-OH is 1. The number of terminal acetylenes is 1. The first-order valence-electron chi connectivity index (χ1n) is 4.86. The molecule has 1 aromatic carbocycles. The fraction of sp³-hybridized carbons (Fsp3) is 0.385. The van der Waals surface area contributed by atoms with Crippen molar-refractivity contribution in [3.8, 4) is 12.3 Å². The first-order valence-corrected chi connectivity index (χ1v) is 4.86. The average Bonchev–Trinajstić information content (AvgIpc) is 2.17. The Bertz CT molecular complexity index is 316. The number of hydrogen-bond acceptors (Lipinski definition) is 1. The highest BCUT2D eigenvalue weighted by atomic mass is 16.3. The molecule has 74 valence electrons. The molecule has 0 spiro atoms. The van der Waals surface area contributed by atoms with Crippen LogP contribution in [0.5, 0.6) is 0 Å². The molecule has 1 unspecified atom stereocenters. The van der Waals surface area contributed by atoms with E-state index in [-0.39, 0.29) is 0 Å². The number of hydrogen-bond donors (Lipinski definition) is 1. The lowest BCUT2D eigenvalue weighted by atomic mass is 10.0. The molecule has 0 aliphatic rings. The van der Waals surface area contributed by atoms with Crippen LogP contribution in [0.25, 0.3) is 0 Å². The predicted octanol–water partition coefficient (Wildman–Crippen LogP) is 2.55. The Morgan fingerprint density at radius 2 is 1.86 bits per heavy atom. The van der Waals surface area contributed by atoms with Gasteiger partial charge in [-0.15, -0.1) is 6.42 Å². The Morgan fingerprint density at radius 3 is 2.29 bits per heavy atom. The Morgan fingerprint density at radius 1 is 1.29 bits per heavy atom. The first kappa shape index (κ1) is 10.8. The highest BCUT2D eigenvalue weighted by molar-refractivity contribution is 5.27. The monoisotopic (exact) mass is 188 g/mol. The predicted molar refractivity (Wildman–Crippen MR) is 58.8 cm³/mol. The maximum absolute atomic E-state index is 9.37. The largest absolute Gasteiger partial charge is 0.376 e. The second kappa shape index (κ2) is 4.83. The molecule has 14 heavy (non-hydrogen) atoms. The van der Waals surface area contributed by atoms with Crippen molar-refractivity contribution in [1.29, 1.82) is 0 Å². The van der Waals surface area contributed by atoms with Crippen LogP contribution in [0.15, 0.2) is 24.3 Å². The molecule has 0 radical (unpaired) electrons. The quantitative estimate of drug-likeness (QED) is 0.723. The van der Waals surface area contributed by atoms with E-state index in [1.807, 2.05) is 24.3 Å². The Labute approximate surface area is 85.8 Å². The molecule has 1 N–H and O–H groups in total. The average molecular weight is 188 g/mol. The van der Waals surface area contributed by atoms with Gasteiger partial charge in [0.15, 0.2) is 0 Å². The molecule has 0 saturated heterocycles. The molecule has 1 aromatic rings. The standard InChI is InChI=1S/C13H16O/c1-4-13(14)12-7-5-11(6-8-12)9-10(2)3/h1,5-8,10,13-14H,9H2,2-3H3. The summed E-state index contributed by atoms with van der Waals surface area (Å²) in [5.41, 5.74) is 2.08. The smallest absolute Gasteiger partial charge is 0.139 e. The Balaban J connectivity index is 2.74. The van der Waals surface area contributed by atoms with Gasteiger partial charge < -0.3 is 5.11 Å². The van der Waals surface area contributed by atoms with Gasteiger partial charge >= 0.3 is 0 Å². The number of benzene rings is 1. The molecule has 0 fully saturated rings. The van der Waals surface area contributed by atoms with Gasteiger partial charge in [0.2, 0.25) is 0 Å². The van der Waals surface area contributed by atoms with E-state index in [9.17, 15) is 5.11 Å². The highest BCUT2D eigenvalue weighted by Gasteiger charge is 2.03. The summed E-state index contributed by atoms with van der Waals surface area (Å²) in [5, 5.41) is 9.37. The Kier molecular flexibility index (Phi) is 3.73. The summed E-state index contributed by atoms with van der Waals surface area (Å²) in [5.74, 6) is 2.95. The molecular formula is C13H16O. The first-order chi connectivity index (χ1) is 6.63. The van der Waals surface area contributed by atoms with Crippen molar-refractivity contribution in [1.82, 2.24) is 0 Å². The van der Waals surface area contributed by atoms with Crippen molar-refractivity contribution in [3.63, 3.8) is 0 Å². The van der Waals surface area contributed by atoms with E-state index in [4.69, 9.17) is 6.42 Å². The molecule has 1 rings (SSSR count). The molecule has 0 aromatic heterocycles. The van der Waals surface area contributed by atoms with Gasteiger partial charge in [0.05, 0.1) is 0 Å². The minimum absolute atomic E-state index is 0.651. The van der Waals surface area contributed by atoms with Gasteiger partial charge in [-0.25, -0.2) is 0 Å². The van der Waals surface area contributed by atoms with E-state index in [1.54, 1.807) is 0 Å². The van der Waals surface area contributed by atoms with E-state index >= 15 is 0 Å². The number of rotatable bonds is 3. The van der Waals surface area contributed by atoms with Gasteiger partial charge in [-0.3, -0.25) is 0 Å². The molecule has 0 aliphatic carbocycles. The van der Waals surface area contributed by atoms with Crippen LogP contribution in [-0.2, 0) is 6.42 Å². The van der Waals surface area contributed by atoms with Crippen LogP contribution in [0.3, 0.4) is 0 Å². The van der Waals surface area contributed by atoms with Gasteiger partial charge in [0.1, 0.15) is 6.10 Å². The highest BCUT2D eigenvalue weighted by Crippen LogP contribution is 2.14. The fourth-order valence-corrected chi connectivity index (χ4v) is 1.40. The van der Waals surface area contributed by atoms with Crippen LogP contribution in [-0.4, -0.2) is 5.11 Å². The van der Waals surface area contributed by atoms with Crippen molar-refractivity contribution in [2.24, 2.45) is 5.92 Å². The van der Waals surface area contributed by atoms with Gasteiger partial charge in [-0.05, 0) is 23.5 Å². The molecule has 1 atom stereocenters. The van der Waals surface area contributed by atoms with E-state index in [1.165, 1.54) is 5.56 Å². The minimum Gasteiger partial charge on any atom is -0.376 e. The molecular weight excluding hydrogens is 172 g/mol. The van der Waals surface area contributed by atoms with Crippen molar-refractivity contribution in [3.05, 3.63) is 35.4 Å². The third-order valence-electron chi connectivity index (χ3n) is 2.10. The SMILES string of the molecule is C#CC(O)c1ccc(CC(C)C)cc1. The summed E-state index contributed by atoms with van der Waals surface area (Å²) < 4.78 is 0. The Hall–Kier alpha value is -1.26. The lowest BCUT2D eigenvalue weighted by Gasteiger charge is -2.07. The normalized spacial score (nSPS) is 12.5. The molecule has 1 nitrogen and oxygen atoms in total. The van der Waals surface area contributed by atoms with Crippen LogP contribution in [0, 0.1) is 18.3 Å². The lowest BCUT2D eigenvalue weighted by molar-refractivity contribution is 0.238. The van der Waals surface area contributed by atoms with E-state index in [0.29, 0.717) is 5.92 Å². The van der Waals surface area contributed by atoms with Gasteiger partial charge in [0.25, 0.3) is 0 Å². The zero-order valence-electron chi connectivity index (χ0n) is 8.70. The van der Waals surface area contributed by atoms with Gasteiger partial charge in [0, 0.05) is 0 Å². The maximum atomic E-state index is 9.37. The summed E-state index contributed by atoms with van der Waals surface area (Å²) >= 11 is 0. The minimum atomic E-state index is -0.775. The van der Waals surface area contributed by atoms with E-state index in [2.05, 4.69) is 19.8 Å². The molecule has 1 heteroatoms. The second-order valence-corrected chi connectivity index (χ2v) is 3.91. The van der Waals surface area contributed by atoms with E-state index < -0.39 is 6.10 Å². The molecule has 0 bridgehead atoms. The molecule has 0 heterocycles. The lowest BCUT2D eigenvalue weighted by Crippen LogP contribution is -1.96. The fourth-order valence-electron chi connectivity index (χ4n) is 1.40.